The van der Waals surface area contributed by atoms with Crippen LogP contribution < -0.4 is 15.4 Å². The number of halogens is 1. The van der Waals surface area contributed by atoms with Crippen molar-refractivity contribution in [2.24, 2.45) is 0 Å². The summed E-state index contributed by atoms with van der Waals surface area (Å²) in [5.41, 5.74) is 1.15. The molecule has 7 heteroatoms. The lowest BCUT2D eigenvalue weighted by Crippen LogP contribution is -2.29. The zero-order valence-electron chi connectivity index (χ0n) is 12.1. The van der Waals surface area contributed by atoms with Crippen LogP contribution in [0.25, 0.3) is 0 Å². The number of carbonyl (C=O) groups excluding carboxylic acids is 2. The molecule has 0 bridgehead atoms. The van der Waals surface area contributed by atoms with Crippen molar-refractivity contribution in [2.75, 3.05) is 17.7 Å². The van der Waals surface area contributed by atoms with Crippen molar-refractivity contribution < 1.29 is 14.3 Å². The predicted molar refractivity (Wildman–Crippen MR) is 86.4 cm³/mol. The summed E-state index contributed by atoms with van der Waals surface area (Å²) in [6, 6.07) is 12.8. The number of nitrogens with one attached hydrogen (secondary N) is 2. The lowest BCUT2D eigenvalue weighted by molar-refractivity contribution is -0.133. The Kier molecular flexibility index (Phi) is 5.18. The monoisotopic (exact) mass is 329 g/mol. The molecule has 0 aromatic heterocycles. The van der Waals surface area contributed by atoms with Gasteiger partial charge in [0.15, 0.2) is 0 Å². The largest absolute Gasteiger partial charge is 0.495 e. The minimum absolute atomic E-state index is 0.292. The highest BCUT2D eigenvalue weighted by Gasteiger charge is 2.16. The van der Waals surface area contributed by atoms with Gasteiger partial charge in [-0.15, -0.1) is 0 Å². The van der Waals surface area contributed by atoms with E-state index in [-0.39, 0.29) is 0 Å². The molecular formula is C16H12ClN3O3. The zero-order chi connectivity index (χ0) is 16.8. The summed E-state index contributed by atoms with van der Waals surface area (Å²) in [5.74, 6) is -1.33. The van der Waals surface area contributed by atoms with Crippen LogP contribution in [-0.4, -0.2) is 18.9 Å². The molecule has 0 saturated carbocycles. The minimum Gasteiger partial charge on any atom is -0.495 e. The molecule has 23 heavy (non-hydrogen) atoms. The zero-order valence-corrected chi connectivity index (χ0v) is 12.8. The minimum atomic E-state index is -0.866. The van der Waals surface area contributed by atoms with E-state index in [1.54, 1.807) is 12.1 Å². The average Bonchev–Trinajstić information content (AvgIpc) is 2.55. The summed E-state index contributed by atoms with van der Waals surface area (Å²) in [7, 11) is 1.44. The van der Waals surface area contributed by atoms with Gasteiger partial charge in [-0.1, -0.05) is 11.6 Å². The van der Waals surface area contributed by atoms with Gasteiger partial charge in [-0.25, -0.2) is 0 Å². The molecule has 2 aromatic carbocycles. The molecule has 6 nitrogen and oxygen atoms in total. The third-order valence-electron chi connectivity index (χ3n) is 2.89. The highest BCUT2D eigenvalue weighted by molar-refractivity contribution is 6.44. The fraction of sp³-hybridized carbons (Fsp3) is 0.0625. The molecule has 0 heterocycles. The Morgan fingerprint density at radius 1 is 1.09 bits per heavy atom. The number of nitrogens with zero attached hydrogens (tertiary/aromatic N) is 1. The van der Waals surface area contributed by atoms with Crippen LogP contribution in [0.4, 0.5) is 11.4 Å². The number of amides is 2. The van der Waals surface area contributed by atoms with Crippen molar-refractivity contribution in [1.29, 1.82) is 5.26 Å². The number of ether oxygens (including phenoxy) is 1. The molecule has 0 aliphatic rings. The first-order chi connectivity index (χ1) is 11.0. The number of hydrogen-bond donors (Lipinski definition) is 2. The van der Waals surface area contributed by atoms with E-state index in [1.807, 2.05) is 6.07 Å². The van der Waals surface area contributed by atoms with E-state index in [9.17, 15) is 9.59 Å². The summed E-state index contributed by atoms with van der Waals surface area (Å²) in [6.07, 6.45) is 0. The van der Waals surface area contributed by atoms with E-state index in [2.05, 4.69) is 10.6 Å². The Labute approximate surface area is 137 Å². The molecule has 2 N–H and O–H groups in total. The maximum atomic E-state index is 11.9. The first kappa shape index (κ1) is 16.3. The molecule has 2 aromatic rings. The molecule has 0 fully saturated rings. The van der Waals surface area contributed by atoms with E-state index in [0.29, 0.717) is 27.7 Å². The smallest absolute Gasteiger partial charge is 0.314 e. The van der Waals surface area contributed by atoms with Gasteiger partial charge in [0.25, 0.3) is 0 Å². The molecule has 0 atom stereocenters. The standard InChI is InChI=1S/C16H12ClN3O3/c1-23-14-7-4-11(17)8-13(14)20-16(22)15(21)19-12-5-2-10(9-18)3-6-12/h2-8H,1H3,(H,19,21)(H,20,22). The molecule has 0 aliphatic heterocycles. The summed E-state index contributed by atoms with van der Waals surface area (Å²) < 4.78 is 5.09. The van der Waals surface area contributed by atoms with Crippen molar-refractivity contribution in [2.45, 2.75) is 0 Å². The van der Waals surface area contributed by atoms with E-state index >= 15 is 0 Å². The van der Waals surface area contributed by atoms with E-state index in [1.165, 1.54) is 37.4 Å². The fourth-order valence-corrected chi connectivity index (χ4v) is 1.95. The predicted octanol–water partition coefficient (Wildman–Crippen LogP) is 2.80. The normalized spacial score (nSPS) is 9.61. The average molecular weight is 330 g/mol. The number of methoxy groups -OCH3 is 1. The molecule has 0 radical (unpaired) electrons. The van der Waals surface area contributed by atoms with Gasteiger partial charge in [-0.05, 0) is 42.5 Å². The van der Waals surface area contributed by atoms with Gasteiger partial charge in [0, 0.05) is 10.7 Å². The fourth-order valence-electron chi connectivity index (χ4n) is 1.77. The summed E-state index contributed by atoms with van der Waals surface area (Å²) in [6.45, 7) is 0. The second-order valence-electron chi connectivity index (χ2n) is 4.44. The number of carbonyl (C=O) groups is 2. The Bertz CT molecular complexity index is 782. The lowest BCUT2D eigenvalue weighted by Gasteiger charge is -2.10. The van der Waals surface area contributed by atoms with Crippen molar-refractivity contribution in [3.05, 3.63) is 53.1 Å². The highest BCUT2D eigenvalue weighted by Crippen LogP contribution is 2.27. The number of benzene rings is 2. The van der Waals surface area contributed by atoms with Crippen molar-refractivity contribution in [1.82, 2.24) is 0 Å². The molecular weight excluding hydrogens is 318 g/mol. The van der Waals surface area contributed by atoms with Gasteiger partial charge >= 0.3 is 11.8 Å². The molecule has 116 valence electrons. The Morgan fingerprint density at radius 2 is 1.74 bits per heavy atom. The van der Waals surface area contributed by atoms with Crippen LogP contribution in [0.5, 0.6) is 5.75 Å². The van der Waals surface area contributed by atoms with Gasteiger partial charge in [0.1, 0.15) is 5.75 Å². The van der Waals surface area contributed by atoms with Gasteiger partial charge < -0.3 is 15.4 Å². The summed E-state index contributed by atoms with van der Waals surface area (Å²) in [5, 5.41) is 14.0. The van der Waals surface area contributed by atoms with Crippen LogP contribution in [0.2, 0.25) is 5.02 Å². The first-order valence-corrected chi connectivity index (χ1v) is 6.87. The summed E-state index contributed by atoms with van der Waals surface area (Å²) in [4.78, 5) is 23.8. The van der Waals surface area contributed by atoms with E-state index in [0.717, 1.165) is 0 Å². The van der Waals surface area contributed by atoms with Crippen LogP contribution in [0.15, 0.2) is 42.5 Å². The first-order valence-electron chi connectivity index (χ1n) is 6.49. The lowest BCUT2D eigenvalue weighted by atomic mass is 10.2. The van der Waals surface area contributed by atoms with E-state index < -0.39 is 11.8 Å². The molecule has 0 saturated heterocycles. The SMILES string of the molecule is COc1ccc(Cl)cc1NC(=O)C(=O)Nc1ccc(C#N)cc1. The van der Waals surface area contributed by atoms with Gasteiger partial charge in [-0.2, -0.15) is 5.26 Å². The topological polar surface area (TPSA) is 91.2 Å². The number of nitriles is 1. The molecule has 0 aliphatic carbocycles. The van der Waals surface area contributed by atoms with Crippen LogP contribution in [0.3, 0.4) is 0 Å². The number of hydrogen-bond acceptors (Lipinski definition) is 4. The molecule has 2 rings (SSSR count). The van der Waals surface area contributed by atoms with Crippen LogP contribution in [0.1, 0.15) is 5.56 Å². The maximum Gasteiger partial charge on any atom is 0.314 e. The van der Waals surface area contributed by atoms with Gasteiger partial charge in [0.05, 0.1) is 24.4 Å². The van der Waals surface area contributed by atoms with Gasteiger partial charge in [0.2, 0.25) is 0 Å². The van der Waals surface area contributed by atoms with Gasteiger partial charge in [-0.3, -0.25) is 9.59 Å². The Balaban J connectivity index is 2.07. The number of rotatable bonds is 3. The van der Waals surface area contributed by atoms with Crippen molar-refractivity contribution >= 4 is 34.8 Å². The third kappa shape index (κ3) is 4.22. The maximum absolute atomic E-state index is 11.9. The Morgan fingerprint density at radius 3 is 2.35 bits per heavy atom. The quantitative estimate of drug-likeness (QED) is 0.847. The van der Waals surface area contributed by atoms with Crippen molar-refractivity contribution in [3.8, 4) is 11.8 Å². The third-order valence-corrected chi connectivity index (χ3v) is 3.12. The Hall–Kier alpha value is -3.04. The van der Waals surface area contributed by atoms with Crippen molar-refractivity contribution in [3.63, 3.8) is 0 Å². The molecule has 0 spiro atoms. The summed E-state index contributed by atoms with van der Waals surface area (Å²) >= 11 is 5.86. The number of anilines is 2. The second-order valence-corrected chi connectivity index (χ2v) is 4.88. The second kappa shape index (κ2) is 7.29. The molecule has 0 unspecified atom stereocenters. The van der Waals surface area contributed by atoms with E-state index in [4.69, 9.17) is 21.6 Å². The molecule has 2 amide bonds. The van der Waals surface area contributed by atoms with Crippen LogP contribution in [0, 0.1) is 11.3 Å². The highest BCUT2D eigenvalue weighted by atomic mass is 35.5. The van der Waals surface area contributed by atoms with Crippen LogP contribution in [-0.2, 0) is 9.59 Å². The van der Waals surface area contributed by atoms with Crippen LogP contribution >= 0.6 is 11.6 Å².